The first kappa shape index (κ1) is 14.3. The van der Waals surface area contributed by atoms with Crippen molar-refractivity contribution in [3.05, 3.63) is 35.4 Å². The average Bonchev–Trinajstić information content (AvgIpc) is 2.28. The molecule has 0 aliphatic heterocycles. The van der Waals surface area contributed by atoms with E-state index in [0.717, 1.165) is 11.1 Å². The summed E-state index contributed by atoms with van der Waals surface area (Å²) in [6.07, 6.45) is -3.79. The number of rotatable bonds is 4. The highest BCUT2D eigenvalue weighted by Crippen LogP contribution is 2.12. The maximum atomic E-state index is 11.8. The number of hydrogen-bond donors (Lipinski definition) is 2. The van der Waals surface area contributed by atoms with Crippen LogP contribution in [0.25, 0.3) is 0 Å². The van der Waals surface area contributed by atoms with Crippen LogP contribution in [-0.4, -0.2) is 25.3 Å². The van der Waals surface area contributed by atoms with Crippen molar-refractivity contribution in [2.24, 2.45) is 0 Å². The molecule has 1 rings (SSSR count). The zero-order valence-corrected chi connectivity index (χ0v) is 9.97. The predicted molar refractivity (Wildman–Crippen MR) is 62.3 cm³/mol. The van der Waals surface area contributed by atoms with Crippen molar-refractivity contribution in [3.63, 3.8) is 0 Å². The van der Waals surface area contributed by atoms with Gasteiger partial charge >= 0.3 is 12.2 Å². The molecule has 0 heterocycles. The van der Waals surface area contributed by atoms with E-state index in [1.54, 1.807) is 5.32 Å². The van der Waals surface area contributed by atoms with Crippen LogP contribution in [-0.2, 0) is 6.42 Å². The Balaban J connectivity index is 2.26. The van der Waals surface area contributed by atoms with Crippen LogP contribution in [0, 0.1) is 6.92 Å². The highest BCUT2D eigenvalue weighted by Gasteiger charge is 2.27. The number of amides is 2. The summed E-state index contributed by atoms with van der Waals surface area (Å²) in [7, 11) is 0. The third-order valence-electron chi connectivity index (χ3n) is 2.39. The first-order valence-electron chi connectivity index (χ1n) is 5.51. The molecule has 0 radical (unpaired) electrons. The van der Waals surface area contributed by atoms with Gasteiger partial charge in [-0.2, -0.15) is 13.2 Å². The van der Waals surface area contributed by atoms with E-state index in [0.29, 0.717) is 13.0 Å². The van der Waals surface area contributed by atoms with Crippen LogP contribution in [0.4, 0.5) is 18.0 Å². The minimum absolute atomic E-state index is 0.300. The number of aryl methyl sites for hydroxylation is 1. The molecule has 3 nitrogen and oxygen atoms in total. The number of benzene rings is 1. The van der Waals surface area contributed by atoms with E-state index in [4.69, 9.17) is 0 Å². The fourth-order valence-electron chi connectivity index (χ4n) is 1.44. The Kier molecular flexibility index (Phi) is 5.00. The number of urea groups is 1. The summed E-state index contributed by atoms with van der Waals surface area (Å²) < 4.78 is 35.4. The standard InChI is InChI=1S/C12H15F3N2O/c1-9-4-2-3-5-10(9)6-7-16-11(18)17-8-12(13,14)15/h2-5H,6-8H2,1H3,(H2,16,17,18). The summed E-state index contributed by atoms with van der Waals surface area (Å²) in [6.45, 7) is 0.927. The summed E-state index contributed by atoms with van der Waals surface area (Å²) >= 11 is 0. The summed E-state index contributed by atoms with van der Waals surface area (Å²) in [5.41, 5.74) is 2.16. The Bertz CT molecular complexity index is 405. The molecule has 0 aromatic heterocycles. The molecular weight excluding hydrogens is 245 g/mol. The van der Waals surface area contributed by atoms with E-state index < -0.39 is 18.8 Å². The van der Waals surface area contributed by atoms with E-state index in [1.165, 1.54) is 0 Å². The molecule has 0 fully saturated rings. The molecule has 0 saturated carbocycles. The maximum absolute atomic E-state index is 11.8. The highest BCUT2D eigenvalue weighted by molar-refractivity contribution is 5.73. The van der Waals surface area contributed by atoms with Crippen molar-refractivity contribution < 1.29 is 18.0 Å². The van der Waals surface area contributed by atoms with Gasteiger partial charge in [0.05, 0.1) is 0 Å². The van der Waals surface area contributed by atoms with Gasteiger partial charge in [0, 0.05) is 6.54 Å². The SMILES string of the molecule is Cc1ccccc1CCNC(=O)NCC(F)(F)F. The molecule has 6 heteroatoms. The summed E-state index contributed by atoms with van der Waals surface area (Å²) in [5.74, 6) is 0. The van der Waals surface area contributed by atoms with Gasteiger partial charge in [-0.05, 0) is 24.5 Å². The molecule has 18 heavy (non-hydrogen) atoms. The third kappa shape index (κ3) is 5.56. The van der Waals surface area contributed by atoms with Crippen molar-refractivity contribution in [1.29, 1.82) is 0 Å². The lowest BCUT2D eigenvalue weighted by atomic mass is 10.1. The van der Waals surface area contributed by atoms with Gasteiger partial charge in [0.15, 0.2) is 0 Å². The quantitative estimate of drug-likeness (QED) is 0.857. The number of hydrogen-bond acceptors (Lipinski definition) is 1. The van der Waals surface area contributed by atoms with Gasteiger partial charge in [0.1, 0.15) is 6.54 Å². The van der Waals surface area contributed by atoms with Crippen molar-refractivity contribution in [1.82, 2.24) is 10.6 Å². The van der Waals surface area contributed by atoms with E-state index in [2.05, 4.69) is 5.32 Å². The molecule has 0 aliphatic carbocycles. The van der Waals surface area contributed by atoms with Crippen LogP contribution in [0.1, 0.15) is 11.1 Å². The second-order valence-corrected chi connectivity index (χ2v) is 3.90. The van der Waals surface area contributed by atoms with Gasteiger partial charge in [0.25, 0.3) is 0 Å². The van der Waals surface area contributed by atoms with Crippen LogP contribution in [0.5, 0.6) is 0 Å². The molecular formula is C12H15F3N2O. The third-order valence-corrected chi connectivity index (χ3v) is 2.39. The number of carbonyl (C=O) groups is 1. The van der Waals surface area contributed by atoms with Gasteiger partial charge in [-0.25, -0.2) is 4.79 Å². The normalized spacial score (nSPS) is 11.1. The number of nitrogens with one attached hydrogen (secondary N) is 2. The lowest BCUT2D eigenvalue weighted by Gasteiger charge is -2.10. The highest BCUT2D eigenvalue weighted by atomic mass is 19.4. The Labute approximate surface area is 103 Å². The monoisotopic (exact) mass is 260 g/mol. The second kappa shape index (κ2) is 6.28. The Morgan fingerprint density at radius 2 is 1.89 bits per heavy atom. The number of halogens is 3. The van der Waals surface area contributed by atoms with Crippen molar-refractivity contribution in [2.75, 3.05) is 13.1 Å². The van der Waals surface area contributed by atoms with E-state index in [-0.39, 0.29) is 0 Å². The van der Waals surface area contributed by atoms with Gasteiger partial charge in [-0.15, -0.1) is 0 Å². The van der Waals surface area contributed by atoms with Crippen LogP contribution >= 0.6 is 0 Å². The van der Waals surface area contributed by atoms with E-state index >= 15 is 0 Å². The van der Waals surface area contributed by atoms with Crippen molar-refractivity contribution in [2.45, 2.75) is 19.5 Å². The molecule has 0 spiro atoms. The van der Waals surface area contributed by atoms with Crippen molar-refractivity contribution >= 4 is 6.03 Å². The van der Waals surface area contributed by atoms with E-state index in [9.17, 15) is 18.0 Å². The Morgan fingerprint density at radius 3 is 2.50 bits per heavy atom. The molecule has 100 valence electrons. The molecule has 0 aliphatic rings. The predicted octanol–water partition coefficient (Wildman–Crippen LogP) is 2.40. The lowest BCUT2D eigenvalue weighted by molar-refractivity contribution is -0.122. The van der Waals surface area contributed by atoms with Crippen LogP contribution in [0.15, 0.2) is 24.3 Å². The summed E-state index contributed by atoms with van der Waals surface area (Å²) in [6, 6.07) is 6.85. The topological polar surface area (TPSA) is 41.1 Å². The maximum Gasteiger partial charge on any atom is 0.405 e. The molecule has 1 aromatic rings. The fraction of sp³-hybridized carbons (Fsp3) is 0.417. The molecule has 0 bridgehead atoms. The zero-order valence-electron chi connectivity index (χ0n) is 9.97. The summed E-state index contributed by atoms with van der Waals surface area (Å²) in [4.78, 5) is 11.0. The lowest BCUT2D eigenvalue weighted by Crippen LogP contribution is -2.41. The molecule has 0 unspecified atom stereocenters. The Morgan fingerprint density at radius 1 is 1.22 bits per heavy atom. The fourth-order valence-corrected chi connectivity index (χ4v) is 1.44. The number of carbonyl (C=O) groups excluding carboxylic acids is 1. The summed E-state index contributed by atoms with van der Waals surface area (Å²) in [5, 5.41) is 4.13. The first-order valence-corrected chi connectivity index (χ1v) is 5.51. The minimum atomic E-state index is -4.38. The minimum Gasteiger partial charge on any atom is -0.338 e. The molecule has 2 N–H and O–H groups in total. The molecule has 1 aromatic carbocycles. The average molecular weight is 260 g/mol. The van der Waals surface area contributed by atoms with Crippen LogP contribution in [0.3, 0.4) is 0 Å². The van der Waals surface area contributed by atoms with Gasteiger partial charge < -0.3 is 10.6 Å². The van der Waals surface area contributed by atoms with Gasteiger partial charge in [-0.3, -0.25) is 0 Å². The van der Waals surface area contributed by atoms with Crippen LogP contribution in [0.2, 0.25) is 0 Å². The Hall–Kier alpha value is -1.72. The van der Waals surface area contributed by atoms with Crippen LogP contribution < -0.4 is 10.6 Å². The smallest absolute Gasteiger partial charge is 0.338 e. The zero-order chi connectivity index (χ0) is 13.6. The van der Waals surface area contributed by atoms with Gasteiger partial charge in [-0.1, -0.05) is 24.3 Å². The largest absolute Gasteiger partial charge is 0.405 e. The molecule has 2 amide bonds. The first-order chi connectivity index (χ1) is 8.38. The number of alkyl halides is 3. The van der Waals surface area contributed by atoms with Gasteiger partial charge in [0.2, 0.25) is 0 Å². The van der Waals surface area contributed by atoms with E-state index in [1.807, 2.05) is 31.2 Å². The van der Waals surface area contributed by atoms with Crippen molar-refractivity contribution in [3.8, 4) is 0 Å². The molecule has 0 saturated heterocycles. The second-order valence-electron chi connectivity index (χ2n) is 3.90. The molecule has 0 atom stereocenters.